The minimum atomic E-state index is -5.02. The van der Waals surface area contributed by atoms with Crippen molar-refractivity contribution in [3.8, 4) is 5.75 Å². The normalized spacial score (nSPS) is 11.1. The number of rotatable bonds is 5. The van der Waals surface area contributed by atoms with Crippen LogP contribution in [0, 0.1) is 6.92 Å². The predicted octanol–water partition coefficient (Wildman–Crippen LogP) is 1.44. The van der Waals surface area contributed by atoms with Crippen molar-refractivity contribution in [3.63, 3.8) is 0 Å². The molecule has 1 rings (SSSR count). The van der Waals surface area contributed by atoms with Crippen LogP contribution in [0.1, 0.15) is 30.9 Å². The summed E-state index contributed by atoms with van der Waals surface area (Å²) in [5.41, 5.74) is 1.37. The fraction of sp³-hybridized carbons (Fsp3) is 0.385. The summed E-state index contributed by atoms with van der Waals surface area (Å²) in [4.78, 5) is 0. The van der Waals surface area contributed by atoms with Crippen LogP contribution in [0.5, 0.6) is 5.75 Å². The maximum atomic E-state index is 12.3. The molecule has 0 atom stereocenters. The van der Waals surface area contributed by atoms with Crippen molar-refractivity contribution in [1.29, 1.82) is 0 Å². The summed E-state index contributed by atoms with van der Waals surface area (Å²) in [6.45, 7) is 3.51. The fourth-order valence-electron chi connectivity index (χ4n) is 1.66. The van der Waals surface area contributed by atoms with Gasteiger partial charge in [-0.15, -0.1) is 12.1 Å². The molecule has 0 heterocycles. The van der Waals surface area contributed by atoms with Gasteiger partial charge in [0, 0.05) is 0 Å². The van der Waals surface area contributed by atoms with Crippen molar-refractivity contribution < 1.29 is 69.1 Å². The Hall–Kier alpha value is 0.251. The van der Waals surface area contributed by atoms with E-state index in [9.17, 15) is 12.9 Å². The van der Waals surface area contributed by atoms with Gasteiger partial charge in [0.25, 0.3) is 0 Å². The van der Waals surface area contributed by atoms with E-state index < -0.39 is 19.1 Å². The number of halogens is 3. The molecule has 0 amide bonds. The van der Waals surface area contributed by atoms with Gasteiger partial charge in [-0.2, -0.15) is 0 Å². The third-order valence-electron chi connectivity index (χ3n) is 2.75. The average molecular weight is 296 g/mol. The van der Waals surface area contributed by atoms with Crippen LogP contribution in [0.4, 0.5) is 12.9 Å². The van der Waals surface area contributed by atoms with Crippen molar-refractivity contribution in [2.24, 2.45) is 0 Å². The first-order valence-corrected chi connectivity index (χ1v) is 5.82. The average Bonchev–Trinajstić information content (AvgIpc) is 2.24. The minimum Gasteiger partial charge on any atom is -0.492 e. The molecule has 0 saturated heterocycles. The molecule has 0 aromatic heterocycles. The van der Waals surface area contributed by atoms with Crippen molar-refractivity contribution in [2.75, 3.05) is 6.61 Å². The first-order valence-electron chi connectivity index (χ1n) is 5.82. The molecule has 6 heteroatoms. The molecule has 0 saturated carbocycles. The van der Waals surface area contributed by atoms with Gasteiger partial charge in [-0.05, 0) is 36.1 Å². The number of aryl methyl sites for hydroxylation is 1. The summed E-state index contributed by atoms with van der Waals surface area (Å²) in [5, 5.41) is 0. The second-order valence-corrected chi connectivity index (χ2v) is 4.69. The van der Waals surface area contributed by atoms with Gasteiger partial charge >= 0.3 is 58.4 Å². The van der Waals surface area contributed by atoms with Crippen LogP contribution in [-0.4, -0.2) is 13.6 Å². The van der Waals surface area contributed by atoms with Crippen LogP contribution in [0.25, 0.3) is 0 Å². The topological polar surface area (TPSA) is 9.23 Å². The van der Waals surface area contributed by atoms with Gasteiger partial charge < -0.3 is 17.7 Å². The van der Waals surface area contributed by atoms with E-state index in [0.29, 0.717) is 11.7 Å². The number of hydrogen-bond acceptors (Lipinski definition) is 1. The Kier molecular flexibility index (Phi) is 7.99. The van der Waals surface area contributed by atoms with Gasteiger partial charge in [0.2, 0.25) is 0 Å². The second-order valence-electron chi connectivity index (χ2n) is 4.69. The van der Waals surface area contributed by atoms with Crippen molar-refractivity contribution in [1.82, 2.24) is 0 Å². The Bertz CT molecular complexity index is 444. The zero-order chi connectivity index (χ0) is 13.9. The first-order chi connectivity index (χ1) is 8.21. The molecule has 100 valence electrons. The summed E-state index contributed by atoms with van der Waals surface area (Å²) in [5.74, 6) is 0.825. The fourth-order valence-corrected chi connectivity index (χ4v) is 1.66. The Labute approximate surface area is 155 Å². The SMILES string of the molecule is C=C(COc1ccc(C(C)C)c(C)c1)[B-](F)(F)F.[K+]. The summed E-state index contributed by atoms with van der Waals surface area (Å²) in [7, 11) is 0. The van der Waals surface area contributed by atoms with Crippen LogP contribution in [0.2, 0.25) is 0 Å². The van der Waals surface area contributed by atoms with Gasteiger partial charge in [-0.1, -0.05) is 19.9 Å². The standard InChI is InChI=1S/C13H17BF3O.K/c1-9(2)13-6-5-12(7-10(13)3)18-8-11(4)14(15,16)17;/h5-7,9H,4,8H2,1-3H3;/q-1;+1. The molecule has 0 fully saturated rings. The summed E-state index contributed by atoms with van der Waals surface area (Å²) in [6, 6.07) is 5.34. The Morgan fingerprint density at radius 3 is 2.32 bits per heavy atom. The van der Waals surface area contributed by atoms with E-state index in [1.165, 1.54) is 5.56 Å². The monoisotopic (exact) mass is 296 g/mol. The molecule has 1 aromatic rings. The largest absolute Gasteiger partial charge is 1.00 e. The van der Waals surface area contributed by atoms with Gasteiger partial charge in [0.05, 0.1) is 6.61 Å². The molecule has 0 unspecified atom stereocenters. The maximum Gasteiger partial charge on any atom is 1.00 e. The van der Waals surface area contributed by atoms with Gasteiger partial charge in [0.15, 0.2) is 0 Å². The number of benzene rings is 1. The van der Waals surface area contributed by atoms with Crippen molar-refractivity contribution >= 4 is 6.98 Å². The maximum absolute atomic E-state index is 12.3. The van der Waals surface area contributed by atoms with Crippen LogP contribution in [0.3, 0.4) is 0 Å². The molecule has 19 heavy (non-hydrogen) atoms. The van der Waals surface area contributed by atoms with E-state index >= 15 is 0 Å². The molecule has 0 aliphatic carbocycles. The van der Waals surface area contributed by atoms with Crippen LogP contribution < -0.4 is 56.1 Å². The predicted molar refractivity (Wildman–Crippen MR) is 69.0 cm³/mol. The molecule has 1 nitrogen and oxygen atoms in total. The quantitative estimate of drug-likeness (QED) is 0.747. The van der Waals surface area contributed by atoms with Gasteiger partial charge in [-0.3, -0.25) is 0 Å². The van der Waals surface area contributed by atoms with E-state index in [1.807, 2.05) is 13.0 Å². The first kappa shape index (κ1) is 19.3. The van der Waals surface area contributed by atoms with E-state index in [1.54, 1.807) is 12.1 Å². The Morgan fingerprint density at radius 1 is 1.32 bits per heavy atom. The zero-order valence-corrected chi connectivity index (χ0v) is 15.0. The Balaban J connectivity index is 0.00000324. The van der Waals surface area contributed by atoms with Crippen LogP contribution in [0.15, 0.2) is 30.3 Å². The smallest absolute Gasteiger partial charge is 0.492 e. The van der Waals surface area contributed by atoms with Crippen LogP contribution in [-0.2, 0) is 0 Å². The van der Waals surface area contributed by atoms with E-state index in [-0.39, 0.29) is 51.4 Å². The minimum absolute atomic E-state index is 0. The summed E-state index contributed by atoms with van der Waals surface area (Å²) >= 11 is 0. The van der Waals surface area contributed by atoms with Crippen molar-refractivity contribution in [3.05, 3.63) is 41.4 Å². The summed E-state index contributed by atoms with van der Waals surface area (Å²) in [6.07, 6.45) is 0. The molecule has 0 aliphatic heterocycles. The summed E-state index contributed by atoms with van der Waals surface area (Å²) < 4.78 is 42.0. The molecule has 1 aromatic carbocycles. The molecule has 0 aliphatic rings. The molecule has 0 N–H and O–H groups in total. The molecule has 0 bridgehead atoms. The van der Waals surface area contributed by atoms with Crippen LogP contribution >= 0.6 is 0 Å². The van der Waals surface area contributed by atoms with Gasteiger partial charge in [-0.25, -0.2) is 0 Å². The van der Waals surface area contributed by atoms with E-state index in [2.05, 4.69) is 20.4 Å². The zero-order valence-electron chi connectivity index (χ0n) is 11.8. The number of hydrogen-bond donors (Lipinski definition) is 0. The van der Waals surface area contributed by atoms with E-state index in [4.69, 9.17) is 4.74 Å². The van der Waals surface area contributed by atoms with E-state index in [0.717, 1.165) is 5.56 Å². The van der Waals surface area contributed by atoms with Gasteiger partial charge in [0.1, 0.15) is 5.75 Å². The number of ether oxygens (including phenoxy) is 1. The van der Waals surface area contributed by atoms with Crippen molar-refractivity contribution in [2.45, 2.75) is 26.7 Å². The third kappa shape index (κ3) is 6.04. The molecular formula is C13H17BF3KO. The Morgan fingerprint density at radius 2 is 1.89 bits per heavy atom. The molecular weight excluding hydrogens is 279 g/mol. The molecule has 0 radical (unpaired) electrons. The third-order valence-corrected chi connectivity index (χ3v) is 2.75. The second kappa shape index (κ2) is 7.88. The molecule has 0 spiro atoms.